The minimum absolute atomic E-state index is 0. The van der Waals surface area contributed by atoms with Gasteiger partial charge in [0, 0.05) is 38.6 Å². The van der Waals surface area contributed by atoms with Crippen LogP contribution < -0.4 is 5.32 Å². The Kier molecular flexibility index (Phi) is 3.16. The lowest BCUT2D eigenvalue weighted by atomic mass is 10.0. The van der Waals surface area contributed by atoms with E-state index in [2.05, 4.69) is 14.9 Å². The van der Waals surface area contributed by atoms with Gasteiger partial charge in [0.1, 0.15) is 5.82 Å². The minimum Gasteiger partial charge on any atom is -0.333 e. The van der Waals surface area contributed by atoms with E-state index in [0.717, 1.165) is 32.0 Å². The summed E-state index contributed by atoms with van der Waals surface area (Å²) in [5.41, 5.74) is 0. The molecule has 1 fully saturated rings. The molecule has 1 aromatic heterocycles. The van der Waals surface area contributed by atoms with E-state index in [1.165, 1.54) is 0 Å². The van der Waals surface area contributed by atoms with Crippen LogP contribution in [0.2, 0.25) is 0 Å². The molecule has 1 N–H and O–H groups in total. The van der Waals surface area contributed by atoms with E-state index in [0.29, 0.717) is 6.54 Å². The van der Waals surface area contributed by atoms with E-state index in [-0.39, 0.29) is 24.2 Å². The molecule has 2 aliphatic heterocycles. The zero-order chi connectivity index (χ0) is 10.3. The predicted octanol–water partition coefficient (Wildman–Crippen LogP) is -0.134. The van der Waals surface area contributed by atoms with Crippen LogP contribution in [0.1, 0.15) is 5.82 Å². The molecule has 2 aliphatic rings. The maximum Gasteiger partial charge on any atom is 0.228 e. The monoisotopic (exact) mass is 242 g/mol. The number of carbonyl (C=O) groups is 1. The van der Waals surface area contributed by atoms with Crippen LogP contribution in [0.5, 0.6) is 0 Å². The maximum atomic E-state index is 12.0. The summed E-state index contributed by atoms with van der Waals surface area (Å²) in [6.07, 6.45) is 3.77. The number of aromatic nitrogens is 2. The molecule has 3 heterocycles. The molecule has 0 saturated carbocycles. The SMILES string of the molecule is Cl.O=C(C1CNC1)N1CCn2ccnc2C1. The normalized spacial score (nSPS) is 19.6. The Morgan fingerprint density at radius 3 is 2.94 bits per heavy atom. The van der Waals surface area contributed by atoms with Crippen molar-refractivity contribution in [3.8, 4) is 0 Å². The summed E-state index contributed by atoms with van der Waals surface area (Å²) in [7, 11) is 0. The van der Waals surface area contributed by atoms with Crippen LogP contribution in [-0.2, 0) is 17.9 Å². The Hall–Kier alpha value is -1.07. The zero-order valence-corrected chi connectivity index (χ0v) is 9.74. The lowest BCUT2D eigenvalue weighted by molar-refractivity contribution is -0.138. The molecule has 0 aliphatic carbocycles. The van der Waals surface area contributed by atoms with Crippen LogP contribution in [-0.4, -0.2) is 40.0 Å². The number of halogens is 1. The number of nitrogens with zero attached hydrogens (tertiary/aromatic N) is 3. The first-order valence-electron chi connectivity index (χ1n) is 5.34. The Morgan fingerprint density at radius 2 is 2.25 bits per heavy atom. The zero-order valence-electron chi connectivity index (χ0n) is 8.93. The molecule has 6 heteroatoms. The highest BCUT2D eigenvalue weighted by Gasteiger charge is 2.31. The molecule has 5 nitrogen and oxygen atoms in total. The Morgan fingerprint density at radius 1 is 1.44 bits per heavy atom. The van der Waals surface area contributed by atoms with Crippen LogP contribution in [0, 0.1) is 5.92 Å². The van der Waals surface area contributed by atoms with Gasteiger partial charge in [0.15, 0.2) is 0 Å². The lowest BCUT2D eigenvalue weighted by Crippen LogP contribution is -2.53. The van der Waals surface area contributed by atoms with Gasteiger partial charge in [0.2, 0.25) is 5.91 Å². The average molecular weight is 243 g/mol. The summed E-state index contributed by atoms with van der Waals surface area (Å²) >= 11 is 0. The molecule has 0 aromatic carbocycles. The third kappa shape index (κ3) is 1.81. The second-order valence-electron chi connectivity index (χ2n) is 4.15. The molecular formula is C10H15ClN4O. The van der Waals surface area contributed by atoms with Gasteiger partial charge >= 0.3 is 0 Å². The van der Waals surface area contributed by atoms with Crippen LogP contribution in [0.25, 0.3) is 0 Å². The summed E-state index contributed by atoms with van der Waals surface area (Å²) in [5.74, 6) is 1.48. The quantitative estimate of drug-likeness (QED) is 0.746. The molecule has 0 radical (unpaired) electrons. The van der Waals surface area contributed by atoms with Gasteiger partial charge in [0.25, 0.3) is 0 Å². The molecule has 1 saturated heterocycles. The first-order valence-corrected chi connectivity index (χ1v) is 5.34. The fourth-order valence-corrected chi connectivity index (χ4v) is 2.08. The lowest BCUT2D eigenvalue weighted by Gasteiger charge is -2.34. The van der Waals surface area contributed by atoms with E-state index in [9.17, 15) is 4.79 Å². The topological polar surface area (TPSA) is 50.2 Å². The second-order valence-corrected chi connectivity index (χ2v) is 4.15. The molecule has 0 atom stereocenters. The fourth-order valence-electron chi connectivity index (χ4n) is 2.08. The highest BCUT2D eigenvalue weighted by Crippen LogP contribution is 2.15. The number of amides is 1. The fraction of sp³-hybridized carbons (Fsp3) is 0.600. The molecule has 1 aromatic rings. The third-order valence-electron chi connectivity index (χ3n) is 3.19. The van der Waals surface area contributed by atoms with Crippen LogP contribution in [0.4, 0.5) is 0 Å². The largest absolute Gasteiger partial charge is 0.333 e. The summed E-state index contributed by atoms with van der Waals surface area (Å²) < 4.78 is 2.11. The first-order chi connectivity index (χ1) is 7.34. The van der Waals surface area contributed by atoms with E-state index in [1.807, 2.05) is 11.1 Å². The van der Waals surface area contributed by atoms with Crippen LogP contribution in [0.15, 0.2) is 12.4 Å². The van der Waals surface area contributed by atoms with Gasteiger partial charge < -0.3 is 14.8 Å². The summed E-state index contributed by atoms with van der Waals surface area (Å²) in [6, 6.07) is 0. The standard InChI is InChI=1S/C10H14N4O.ClH/c15-10(8-5-11-6-8)14-4-3-13-2-1-12-9(13)7-14;/h1-2,8,11H,3-7H2;1H. The number of imidazole rings is 1. The highest BCUT2D eigenvalue weighted by atomic mass is 35.5. The van der Waals surface area contributed by atoms with E-state index < -0.39 is 0 Å². The third-order valence-corrected chi connectivity index (χ3v) is 3.19. The summed E-state index contributed by atoms with van der Waals surface area (Å²) in [6.45, 7) is 4.04. The van der Waals surface area contributed by atoms with Crippen molar-refractivity contribution in [2.24, 2.45) is 5.92 Å². The minimum atomic E-state index is 0. The van der Waals surface area contributed by atoms with Gasteiger partial charge in [-0.15, -0.1) is 12.4 Å². The van der Waals surface area contributed by atoms with Crippen molar-refractivity contribution in [2.75, 3.05) is 19.6 Å². The van der Waals surface area contributed by atoms with Crippen molar-refractivity contribution in [3.63, 3.8) is 0 Å². The van der Waals surface area contributed by atoms with Gasteiger partial charge in [-0.25, -0.2) is 4.98 Å². The number of hydrogen-bond donors (Lipinski definition) is 1. The van der Waals surface area contributed by atoms with Crippen molar-refractivity contribution >= 4 is 18.3 Å². The molecule has 0 spiro atoms. The molecule has 16 heavy (non-hydrogen) atoms. The number of carbonyl (C=O) groups excluding carboxylic acids is 1. The molecule has 0 unspecified atom stereocenters. The maximum absolute atomic E-state index is 12.0. The van der Waals surface area contributed by atoms with Crippen LogP contribution >= 0.6 is 12.4 Å². The van der Waals surface area contributed by atoms with E-state index in [4.69, 9.17) is 0 Å². The molecule has 0 bridgehead atoms. The van der Waals surface area contributed by atoms with Crippen molar-refractivity contribution < 1.29 is 4.79 Å². The van der Waals surface area contributed by atoms with Crippen molar-refractivity contribution in [2.45, 2.75) is 13.1 Å². The van der Waals surface area contributed by atoms with Crippen molar-refractivity contribution in [1.82, 2.24) is 19.8 Å². The Labute approximate surface area is 100 Å². The summed E-state index contributed by atoms with van der Waals surface area (Å²) in [4.78, 5) is 18.1. The number of nitrogens with one attached hydrogen (secondary N) is 1. The van der Waals surface area contributed by atoms with Crippen molar-refractivity contribution in [1.29, 1.82) is 0 Å². The predicted molar refractivity (Wildman–Crippen MR) is 61.3 cm³/mol. The summed E-state index contributed by atoms with van der Waals surface area (Å²) in [5, 5.41) is 3.13. The van der Waals surface area contributed by atoms with E-state index >= 15 is 0 Å². The van der Waals surface area contributed by atoms with E-state index in [1.54, 1.807) is 6.20 Å². The van der Waals surface area contributed by atoms with Gasteiger partial charge in [-0.05, 0) is 0 Å². The first kappa shape index (κ1) is 11.4. The number of rotatable bonds is 1. The number of fused-ring (bicyclic) bond motifs is 1. The Balaban J connectivity index is 0.000000963. The molecule has 1 amide bonds. The Bertz CT molecular complexity index is 388. The molecular weight excluding hydrogens is 228 g/mol. The van der Waals surface area contributed by atoms with Crippen molar-refractivity contribution in [3.05, 3.63) is 18.2 Å². The van der Waals surface area contributed by atoms with Gasteiger partial charge in [0.05, 0.1) is 12.5 Å². The average Bonchev–Trinajstić information content (AvgIpc) is 2.61. The number of hydrogen-bond acceptors (Lipinski definition) is 3. The van der Waals surface area contributed by atoms with Gasteiger partial charge in [-0.3, -0.25) is 4.79 Å². The highest BCUT2D eigenvalue weighted by molar-refractivity contribution is 5.85. The van der Waals surface area contributed by atoms with Gasteiger partial charge in [-0.1, -0.05) is 0 Å². The molecule has 88 valence electrons. The van der Waals surface area contributed by atoms with Crippen LogP contribution in [0.3, 0.4) is 0 Å². The molecule has 3 rings (SSSR count). The second kappa shape index (κ2) is 4.43. The smallest absolute Gasteiger partial charge is 0.228 e. The van der Waals surface area contributed by atoms with Gasteiger partial charge in [-0.2, -0.15) is 0 Å².